The van der Waals surface area contributed by atoms with E-state index >= 15 is 0 Å². The van der Waals surface area contributed by atoms with Crippen molar-refractivity contribution < 1.29 is 23.8 Å². The van der Waals surface area contributed by atoms with E-state index in [0.29, 0.717) is 60.8 Å². The van der Waals surface area contributed by atoms with Crippen LogP contribution in [0.2, 0.25) is 0 Å². The first-order valence-electron chi connectivity index (χ1n) is 12.3. The average molecular weight is 507 g/mol. The zero-order chi connectivity index (χ0) is 25.9. The van der Waals surface area contributed by atoms with Crippen molar-refractivity contribution in [1.82, 2.24) is 24.6 Å². The molecular weight excluding hydrogens is 476 g/mol. The Morgan fingerprint density at radius 2 is 1.97 bits per heavy atom. The molecule has 2 aromatic heterocycles. The zero-order valence-corrected chi connectivity index (χ0v) is 21.2. The van der Waals surface area contributed by atoms with Crippen molar-refractivity contribution in [2.75, 3.05) is 39.3 Å². The van der Waals surface area contributed by atoms with Crippen LogP contribution < -0.4 is 10.1 Å². The lowest BCUT2D eigenvalue weighted by Crippen LogP contribution is -2.37. The predicted octanol–water partition coefficient (Wildman–Crippen LogP) is 3.25. The largest absolute Gasteiger partial charge is 0.496 e. The molecule has 11 nitrogen and oxygen atoms in total. The first-order valence-corrected chi connectivity index (χ1v) is 12.3. The number of aryl methyl sites for hydroxylation is 1. The number of benzene rings is 1. The number of aromatic nitrogens is 4. The molecule has 1 N–H and O–H groups in total. The van der Waals surface area contributed by atoms with Gasteiger partial charge in [-0.15, -0.1) is 10.2 Å². The van der Waals surface area contributed by atoms with Gasteiger partial charge in [0.05, 0.1) is 19.3 Å². The minimum Gasteiger partial charge on any atom is -0.496 e. The number of nitrogens with one attached hydrogen (secondary N) is 1. The molecule has 0 saturated heterocycles. The van der Waals surface area contributed by atoms with E-state index in [0.717, 1.165) is 29.8 Å². The van der Waals surface area contributed by atoms with Crippen molar-refractivity contribution >= 4 is 17.8 Å². The number of nitrogens with zero attached hydrogens (tertiary/aromatic N) is 5. The van der Waals surface area contributed by atoms with Crippen molar-refractivity contribution in [3.8, 4) is 17.3 Å². The lowest BCUT2D eigenvalue weighted by molar-refractivity contribution is 0.0688. The van der Waals surface area contributed by atoms with Crippen molar-refractivity contribution in [2.45, 2.75) is 38.8 Å². The monoisotopic (exact) mass is 506 g/mol. The Balaban J connectivity index is 1.35. The Hall–Kier alpha value is -3.99. The second-order valence-electron chi connectivity index (χ2n) is 9.16. The van der Waals surface area contributed by atoms with Crippen LogP contribution in [-0.2, 0) is 28.9 Å². The van der Waals surface area contributed by atoms with E-state index < -0.39 is 6.09 Å². The molecule has 0 fully saturated rings. The van der Waals surface area contributed by atoms with Gasteiger partial charge in [-0.3, -0.25) is 4.79 Å². The lowest BCUT2D eigenvalue weighted by Gasteiger charge is -2.29. The fourth-order valence-corrected chi connectivity index (χ4v) is 4.80. The van der Waals surface area contributed by atoms with Crippen LogP contribution in [0.1, 0.15) is 46.7 Å². The number of anilines is 1. The third kappa shape index (κ3) is 4.99. The van der Waals surface area contributed by atoms with Crippen LogP contribution in [0.25, 0.3) is 11.5 Å². The van der Waals surface area contributed by atoms with Crippen LogP contribution in [0.15, 0.2) is 30.3 Å². The van der Waals surface area contributed by atoms with Gasteiger partial charge >= 0.3 is 6.09 Å². The summed E-state index contributed by atoms with van der Waals surface area (Å²) in [7, 11) is 3.09. The molecule has 2 aliphatic rings. The summed E-state index contributed by atoms with van der Waals surface area (Å²) < 4.78 is 17.8. The Morgan fingerprint density at radius 1 is 1.11 bits per heavy atom. The summed E-state index contributed by atoms with van der Waals surface area (Å²) in [6.45, 7) is 3.53. The van der Waals surface area contributed by atoms with Crippen molar-refractivity contribution in [3.63, 3.8) is 0 Å². The highest BCUT2D eigenvalue weighted by molar-refractivity contribution is 6.06. The Bertz CT molecular complexity index is 1320. The molecule has 0 saturated carbocycles. The van der Waals surface area contributed by atoms with Crippen LogP contribution in [0.4, 0.5) is 10.6 Å². The molecule has 3 aromatic rings. The molecule has 0 spiro atoms. The standard InChI is InChI=1S/C26H30N6O5/c1-16-7-8-23-29-30-24(32(16)23)20-5-4-6-22(27-20)28-25(33)19-13-18-15-31(26(34)37-12-11-35-2)10-9-17(18)14-21(19)36-3/h4-6,13-14,16H,7-12,15H2,1-3H3,(H,27,28,33)/t16-/m0/s1. The molecule has 2 aliphatic heterocycles. The molecule has 11 heteroatoms. The topological polar surface area (TPSA) is 121 Å². The molecule has 0 aliphatic carbocycles. The Labute approximate surface area is 214 Å². The molecular formula is C26H30N6O5. The van der Waals surface area contributed by atoms with E-state index in [-0.39, 0.29) is 12.5 Å². The summed E-state index contributed by atoms with van der Waals surface area (Å²) in [5.41, 5.74) is 2.91. The van der Waals surface area contributed by atoms with E-state index in [9.17, 15) is 9.59 Å². The number of carbonyl (C=O) groups excluding carboxylic acids is 2. The van der Waals surface area contributed by atoms with Gasteiger partial charge in [-0.05, 0) is 55.2 Å². The van der Waals surface area contributed by atoms with Crippen LogP contribution in [0.3, 0.4) is 0 Å². The first kappa shape index (κ1) is 24.7. The summed E-state index contributed by atoms with van der Waals surface area (Å²) in [5.74, 6) is 2.15. The first-order chi connectivity index (χ1) is 18.0. The van der Waals surface area contributed by atoms with Crippen LogP contribution in [0.5, 0.6) is 5.75 Å². The summed E-state index contributed by atoms with van der Waals surface area (Å²) in [4.78, 5) is 32.0. The molecule has 0 radical (unpaired) electrons. The third-order valence-electron chi connectivity index (χ3n) is 6.76. The number of carbonyl (C=O) groups is 2. The van der Waals surface area contributed by atoms with E-state index in [1.165, 1.54) is 7.11 Å². The number of rotatable bonds is 7. The third-order valence-corrected chi connectivity index (χ3v) is 6.76. The van der Waals surface area contributed by atoms with Crippen LogP contribution >= 0.6 is 0 Å². The van der Waals surface area contributed by atoms with E-state index in [4.69, 9.17) is 14.2 Å². The van der Waals surface area contributed by atoms with Gasteiger partial charge in [-0.25, -0.2) is 9.78 Å². The maximum absolute atomic E-state index is 13.3. The van der Waals surface area contributed by atoms with E-state index in [1.54, 1.807) is 24.1 Å². The van der Waals surface area contributed by atoms with Gasteiger partial charge in [-0.2, -0.15) is 0 Å². The number of methoxy groups -OCH3 is 2. The normalized spacial score (nSPS) is 16.2. The highest BCUT2D eigenvalue weighted by Gasteiger charge is 2.27. The molecule has 1 aromatic carbocycles. The number of fused-ring (bicyclic) bond motifs is 2. The van der Waals surface area contributed by atoms with E-state index in [1.807, 2.05) is 18.2 Å². The summed E-state index contributed by atoms with van der Waals surface area (Å²) in [5, 5.41) is 11.5. The van der Waals surface area contributed by atoms with Crippen molar-refractivity contribution in [1.29, 1.82) is 0 Å². The minimum atomic E-state index is -0.403. The quantitative estimate of drug-likeness (QED) is 0.485. The maximum Gasteiger partial charge on any atom is 0.410 e. The SMILES string of the molecule is COCCOC(=O)N1CCc2cc(OC)c(C(=O)Nc3cccc(-c4nnc5n4[C@@H](C)CC5)n3)cc2C1. The molecule has 1 atom stereocenters. The van der Waals surface area contributed by atoms with Gasteiger partial charge in [0.2, 0.25) is 0 Å². The lowest BCUT2D eigenvalue weighted by atomic mass is 9.96. The average Bonchev–Trinajstić information content (AvgIpc) is 3.50. The van der Waals surface area contributed by atoms with Gasteiger partial charge in [0.1, 0.15) is 29.7 Å². The number of pyridine rings is 1. The number of hydrogen-bond donors (Lipinski definition) is 1. The number of ether oxygens (including phenoxy) is 3. The fourth-order valence-electron chi connectivity index (χ4n) is 4.80. The van der Waals surface area contributed by atoms with Crippen molar-refractivity contribution in [3.05, 3.63) is 52.8 Å². The zero-order valence-electron chi connectivity index (χ0n) is 21.2. The predicted molar refractivity (Wildman–Crippen MR) is 135 cm³/mol. The van der Waals surface area contributed by atoms with Crippen LogP contribution in [-0.4, -0.2) is 70.6 Å². The molecule has 37 heavy (non-hydrogen) atoms. The van der Waals surface area contributed by atoms with Gasteiger partial charge in [0.25, 0.3) is 5.91 Å². The minimum absolute atomic E-state index is 0.192. The Morgan fingerprint density at radius 3 is 2.78 bits per heavy atom. The molecule has 0 bridgehead atoms. The maximum atomic E-state index is 13.3. The van der Waals surface area contributed by atoms with Gasteiger partial charge in [0, 0.05) is 32.7 Å². The Kier molecular flexibility index (Phi) is 7.04. The van der Waals surface area contributed by atoms with Crippen LogP contribution in [0, 0.1) is 0 Å². The van der Waals surface area contributed by atoms with Gasteiger partial charge in [-0.1, -0.05) is 6.07 Å². The van der Waals surface area contributed by atoms with Gasteiger partial charge in [0.15, 0.2) is 5.82 Å². The molecule has 5 rings (SSSR count). The highest BCUT2D eigenvalue weighted by atomic mass is 16.6. The second kappa shape index (κ2) is 10.6. The smallest absolute Gasteiger partial charge is 0.410 e. The molecule has 2 amide bonds. The summed E-state index contributed by atoms with van der Waals surface area (Å²) in [6.07, 6.45) is 2.15. The van der Waals surface area contributed by atoms with E-state index in [2.05, 4.69) is 32.0 Å². The van der Waals surface area contributed by atoms with Crippen molar-refractivity contribution in [2.24, 2.45) is 0 Å². The summed E-state index contributed by atoms with van der Waals surface area (Å²) >= 11 is 0. The van der Waals surface area contributed by atoms with Gasteiger partial charge < -0.3 is 29.0 Å². The summed E-state index contributed by atoms with van der Waals surface area (Å²) in [6, 6.07) is 9.36. The molecule has 4 heterocycles. The fraction of sp³-hybridized carbons (Fsp3) is 0.423. The second-order valence-corrected chi connectivity index (χ2v) is 9.16. The number of amides is 2. The number of hydrogen-bond acceptors (Lipinski definition) is 8. The highest BCUT2D eigenvalue weighted by Crippen LogP contribution is 2.31. The molecule has 0 unspecified atom stereocenters. The molecule has 194 valence electrons.